The number of carbonyl (C=O) groups excluding carboxylic acids is 1. The molecule has 3 aromatic rings. The van der Waals surface area contributed by atoms with Gasteiger partial charge in [0.25, 0.3) is 0 Å². The van der Waals surface area contributed by atoms with Gasteiger partial charge in [-0.1, -0.05) is 12.1 Å². The van der Waals surface area contributed by atoms with Gasteiger partial charge in [-0.25, -0.2) is 0 Å². The first-order chi connectivity index (χ1) is 14.2. The van der Waals surface area contributed by atoms with Gasteiger partial charge in [-0.05, 0) is 29.8 Å². The second kappa shape index (κ2) is 6.74. The molecular formula is C23H18O6. The number of methoxy groups -OCH3 is 2. The van der Waals surface area contributed by atoms with Crippen LogP contribution in [-0.2, 0) is 6.61 Å². The van der Waals surface area contributed by atoms with Gasteiger partial charge >= 0.3 is 0 Å². The predicted octanol–water partition coefficient (Wildman–Crippen LogP) is 4.22. The van der Waals surface area contributed by atoms with Crippen molar-refractivity contribution in [3.63, 3.8) is 0 Å². The van der Waals surface area contributed by atoms with Crippen LogP contribution in [0.4, 0.5) is 0 Å². The van der Waals surface area contributed by atoms with E-state index in [0.29, 0.717) is 46.5 Å². The molecule has 0 aliphatic carbocycles. The number of hydrogen-bond donors (Lipinski definition) is 0. The minimum absolute atomic E-state index is 0.111. The highest BCUT2D eigenvalue weighted by atomic mass is 16.7. The normalized spacial score (nSPS) is 13.8. The summed E-state index contributed by atoms with van der Waals surface area (Å²) in [6, 6.07) is 14.8. The van der Waals surface area contributed by atoms with Gasteiger partial charge in [-0.15, -0.1) is 0 Å². The van der Waals surface area contributed by atoms with E-state index in [1.54, 1.807) is 26.4 Å². The van der Waals surface area contributed by atoms with Crippen molar-refractivity contribution in [2.45, 2.75) is 6.61 Å². The molecule has 146 valence electrons. The summed E-state index contributed by atoms with van der Waals surface area (Å²) in [4.78, 5) is 13.3. The predicted molar refractivity (Wildman–Crippen MR) is 105 cm³/mol. The smallest absolute Gasteiger partial charge is 0.231 e. The molecule has 0 aromatic heterocycles. The molecule has 0 fully saturated rings. The number of hydrogen-bond acceptors (Lipinski definition) is 6. The Labute approximate surface area is 167 Å². The molecule has 6 heteroatoms. The summed E-state index contributed by atoms with van der Waals surface area (Å²) >= 11 is 0. The average molecular weight is 390 g/mol. The molecule has 0 amide bonds. The van der Waals surface area contributed by atoms with E-state index in [1.165, 1.54) is 0 Å². The van der Waals surface area contributed by atoms with Crippen molar-refractivity contribution in [1.29, 1.82) is 0 Å². The lowest BCUT2D eigenvalue weighted by Crippen LogP contribution is -2.03. The molecule has 3 aromatic carbocycles. The molecule has 5 rings (SSSR count). The Hall–Kier alpha value is -3.67. The maximum Gasteiger partial charge on any atom is 0.231 e. The Morgan fingerprint density at radius 3 is 2.38 bits per heavy atom. The zero-order chi connectivity index (χ0) is 20.0. The van der Waals surface area contributed by atoms with E-state index in [0.717, 1.165) is 16.7 Å². The summed E-state index contributed by atoms with van der Waals surface area (Å²) in [7, 11) is 3.22. The van der Waals surface area contributed by atoms with Gasteiger partial charge in [0.2, 0.25) is 6.79 Å². The van der Waals surface area contributed by atoms with E-state index in [4.69, 9.17) is 23.7 Å². The lowest BCUT2D eigenvalue weighted by atomic mass is 9.94. The van der Waals surface area contributed by atoms with Crippen molar-refractivity contribution in [3.05, 3.63) is 65.2 Å². The number of ketones is 1. The largest absolute Gasteiger partial charge is 0.497 e. The quantitative estimate of drug-likeness (QED) is 0.667. The third kappa shape index (κ3) is 2.84. The zero-order valence-electron chi connectivity index (χ0n) is 16.0. The molecular weight excluding hydrogens is 372 g/mol. The number of rotatable bonds is 3. The SMILES string of the molecule is COc1ccc(-c2ccc3c(c2)C(=O)c2cc4c(cc2OC3)OCO4)c(OC)c1. The standard InChI is InChI=1S/C23H18O6/c1-25-15-5-6-16(19(8-15)26-2)13-3-4-14-11-27-20-10-22-21(28-12-29-22)9-18(20)23(24)17(14)7-13/h3-10H,11-12H2,1-2H3. The summed E-state index contributed by atoms with van der Waals surface area (Å²) in [6.07, 6.45) is 0. The van der Waals surface area contributed by atoms with Crippen molar-refractivity contribution in [3.8, 4) is 39.9 Å². The molecule has 0 N–H and O–H groups in total. The van der Waals surface area contributed by atoms with Crippen LogP contribution in [0.25, 0.3) is 11.1 Å². The molecule has 0 spiro atoms. The van der Waals surface area contributed by atoms with Crippen LogP contribution < -0.4 is 23.7 Å². The lowest BCUT2D eigenvalue weighted by molar-refractivity contribution is 0.103. The average Bonchev–Trinajstić information content (AvgIpc) is 3.18. The first-order valence-corrected chi connectivity index (χ1v) is 9.14. The Kier molecular flexibility index (Phi) is 4.05. The minimum atomic E-state index is -0.111. The van der Waals surface area contributed by atoms with Gasteiger partial charge in [0, 0.05) is 28.8 Å². The second-order valence-electron chi connectivity index (χ2n) is 6.76. The highest BCUT2D eigenvalue weighted by molar-refractivity contribution is 6.13. The number of carbonyl (C=O) groups is 1. The minimum Gasteiger partial charge on any atom is -0.497 e. The van der Waals surface area contributed by atoms with Gasteiger partial charge in [-0.2, -0.15) is 0 Å². The molecule has 2 aliphatic heterocycles. The first kappa shape index (κ1) is 17.4. The molecule has 2 heterocycles. The number of fused-ring (bicyclic) bond motifs is 3. The molecule has 0 atom stereocenters. The van der Waals surface area contributed by atoms with Gasteiger partial charge in [-0.3, -0.25) is 4.79 Å². The Bertz CT molecular complexity index is 1130. The first-order valence-electron chi connectivity index (χ1n) is 9.14. The Balaban J connectivity index is 1.61. The van der Waals surface area contributed by atoms with Crippen LogP contribution in [0.15, 0.2) is 48.5 Å². The maximum atomic E-state index is 13.3. The van der Waals surface area contributed by atoms with E-state index in [2.05, 4.69) is 0 Å². The van der Waals surface area contributed by atoms with Crippen LogP contribution >= 0.6 is 0 Å². The molecule has 0 saturated heterocycles. The van der Waals surface area contributed by atoms with E-state index in [9.17, 15) is 4.79 Å². The van der Waals surface area contributed by atoms with Crippen LogP contribution in [-0.4, -0.2) is 26.8 Å². The zero-order valence-corrected chi connectivity index (χ0v) is 16.0. The van der Waals surface area contributed by atoms with Crippen molar-refractivity contribution in [1.82, 2.24) is 0 Å². The summed E-state index contributed by atoms with van der Waals surface area (Å²) < 4.78 is 27.5. The van der Waals surface area contributed by atoms with Crippen LogP contribution in [0.3, 0.4) is 0 Å². The summed E-state index contributed by atoms with van der Waals surface area (Å²) in [5.41, 5.74) is 3.63. The highest BCUT2D eigenvalue weighted by Crippen LogP contribution is 2.41. The van der Waals surface area contributed by atoms with Crippen molar-refractivity contribution < 1.29 is 28.5 Å². The number of benzene rings is 3. The lowest BCUT2D eigenvalue weighted by Gasteiger charge is -2.12. The van der Waals surface area contributed by atoms with Gasteiger partial charge in [0.15, 0.2) is 17.3 Å². The van der Waals surface area contributed by atoms with Gasteiger partial charge < -0.3 is 23.7 Å². The van der Waals surface area contributed by atoms with Crippen LogP contribution in [0.2, 0.25) is 0 Å². The van der Waals surface area contributed by atoms with E-state index >= 15 is 0 Å². The van der Waals surface area contributed by atoms with Crippen molar-refractivity contribution in [2.75, 3.05) is 21.0 Å². The fourth-order valence-electron chi connectivity index (χ4n) is 3.64. The second-order valence-corrected chi connectivity index (χ2v) is 6.76. The van der Waals surface area contributed by atoms with E-state index in [1.807, 2.05) is 36.4 Å². The van der Waals surface area contributed by atoms with E-state index in [-0.39, 0.29) is 12.6 Å². The van der Waals surface area contributed by atoms with E-state index < -0.39 is 0 Å². The molecule has 6 nitrogen and oxygen atoms in total. The monoisotopic (exact) mass is 390 g/mol. The molecule has 0 bridgehead atoms. The number of ether oxygens (including phenoxy) is 5. The van der Waals surface area contributed by atoms with Crippen LogP contribution in [0.1, 0.15) is 21.5 Å². The fourth-order valence-corrected chi connectivity index (χ4v) is 3.64. The Morgan fingerprint density at radius 2 is 1.59 bits per heavy atom. The molecule has 29 heavy (non-hydrogen) atoms. The van der Waals surface area contributed by atoms with Gasteiger partial charge in [0.05, 0.1) is 19.8 Å². The van der Waals surface area contributed by atoms with Crippen molar-refractivity contribution >= 4 is 5.78 Å². The van der Waals surface area contributed by atoms with Crippen LogP contribution in [0.5, 0.6) is 28.7 Å². The molecule has 2 aliphatic rings. The summed E-state index contributed by atoms with van der Waals surface area (Å²) in [5, 5.41) is 0. The topological polar surface area (TPSA) is 63.2 Å². The highest BCUT2D eigenvalue weighted by Gasteiger charge is 2.27. The molecule has 0 radical (unpaired) electrons. The molecule has 0 unspecified atom stereocenters. The third-order valence-electron chi connectivity index (χ3n) is 5.18. The third-order valence-corrected chi connectivity index (χ3v) is 5.18. The van der Waals surface area contributed by atoms with Crippen LogP contribution in [0, 0.1) is 0 Å². The fraction of sp³-hybridized carbons (Fsp3) is 0.174. The van der Waals surface area contributed by atoms with Crippen molar-refractivity contribution in [2.24, 2.45) is 0 Å². The Morgan fingerprint density at radius 1 is 0.759 bits per heavy atom. The maximum absolute atomic E-state index is 13.3. The molecule has 0 saturated carbocycles. The van der Waals surface area contributed by atoms with Gasteiger partial charge in [0.1, 0.15) is 23.9 Å². The summed E-state index contributed by atoms with van der Waals surface area (Å²) in [5.74, 6) is 2.91. The summed E-state index contributed by atoms with van der Waals surface area (Å²) in [6.45, 7) is 0.443.